The van der Waals surface area contributed by atoms with Gasteiger partial charge in [-0.05, 0) is 49.7 Å². The molecule has 0 bridgehead atoms. The number of nitrogens with one attached hydrogen (secondary N) is 2. The van der Waals surface area contributed by atoms with Crippen LogP contribution in [0, 0.1) is 0 Å². The Bertz CT molecular complexity index is 1070. The number of benzene rings is 2. The molecule has 0 saturated carbocycles. The van der Waals surface area contributed by atoms with E-state index in [0.717, 1.165) is 39.0 Å². The lowest BCUT2D eigenvalue weighted by Crippen LogP contribution is -2.44. The summed E-state index contributed by atoms with van der Waals surface area (Å²) in [5, 5.41) is 20.8. The van der Waals surface area contributed by atoms with Gasteiger partial charge < -0.3 is 25.6 Å². The summed E-state index contributed by atoms with van der Waals surface area (Å²) in [5.41, 5.74) is 2.01. The lowest BCUT2D eigenvalue weighted by molar-refractivity contribution is -0.193. The van der Waals surface area contributed by atoms with Gasteiger partial charge in [0.15, 0.2) is 0 Å². The molecule has 1 aliphatic heterocycles. The van der Waals surface area contributed by atoms with Crippen molar-refractivity contribution in [3.8, 4) is 5.75 Å². The van der Waals surface area contributed by atoms with Gasteiger partial charge in [-0.25, -0.2) is 9.59 Å². The molecule has 1 saturated heterocycles. The Morgan fingerprint density at radius 1 is 0.878 bits per heavy atom. The molecule has 1 aliphatic rings. The van der Waals surface area contributed by atoms with Crippen molar-refractivity contribution in [2.24, 2.45) is 0 Å². The van der Waals surface area contributed by atoms with Crippen LogP contribution >= 0.6 is 0 Å². The SMILES string of the molecule is COc1cccc(C(=O)NCCNC2CCN(Cc3ccccc3)CC2)c1.O=C(O)C(F)(F)F.O=C(O)C(F)(F)F. The van der Waals surface area contributed by atoms with Crippen LogP contribution in [0.1, 0.15) is 28.8 Å². The lowest BCUT2D eigenvalue weighted by atomic mass is 10.0. The molecule has 0 atom stereocenters. The van der Waals surface area contributed by atoms with Crippen molar-refractivity contribution < 1.29 is 55.7 Å². The second-order valence-electron chi connectivity index (χ2n) is 8.58. The molecule has 0 unspecified atom stereocenters. The zero-order valence-corrected chi connectivity index (χ0v) is 22.0. The number of halogens is 6. The zero-order chi connectivity index (χ0) is 31.1. The number of methoxy groups -OCH3 is 1. The minimum absolute atomic E-state index is 0.0617. The van der Waals surface area contributed by atoms with Gasteiger partial charge in [0.1, 0.15) is 5.75 Å². The Labute approximate surface area is 232 Å². The summed E-state index contributed by atoms with van der Waals surface area (Å²) in [6, 6.07) is 18.4. The quantitative estimate of drug-likeness (QED) is 0.267. The Kier molecular flexibility index (Phi) is 14.6. The van der Waals surface area contributed by atoms with Crippen LogP contribution in [-0.2, 0) is 16.1 Å². The van der Waals surface area contributed by atoms with Crippen LogP contribution in [0.15, 0.2) is 54.6 Å². The maximum atomic E-state index is 12.2. The third kappa shape index (κ3) is 14.9. The summed E-state index contributed by atoms with van der Waals surface area (Å²) in [5.74, 6) is -4.88. The predicted molar refractivity (Wildman–Crippen MR) is 135 cm³/mol. The van der Waals surface area contributed by atoms with Gasteiger partial charge in [0.2, 0.25) is 0 Å². The highest BCUT2D eigenvalue weighted by Crippen LogP contribution is 2.15. The molecule has 1 fully saturated rings. The lowest BCUT2D eigenvalue weighted by Gasteiger charge is -2.32. The second kappa shape index (κ2) is 17.1. The van der Waals surface area contributed by atoms with E-state index in [1.807, 2.05) is 12.1 Å². The highest BCUT2D eigenvalue weighted by molar-refractivity contribution is 5.94. The van der Waals surface area contributed by atoms with E-state index in [1.165, 1.54) is 5.56 Å². The molecular formula is C26H31F6N3O6. The number of likely N-dealkylation sites (tertiary alicyclic amines) is 1. The number of hydrogen-bond acceptors (Lipinski definition) is 6. The fourth-order valence-electron chi connectivity index (χ4n) is 3.46. The molecule has 0 aromatic heterocycles. The average Bonchev–Trinajstić information content (AvgIpc) is 2.92. The largest absolute Gasteiger partial charge is 0.497 e. The minimum atomic E-state index is -5.08. The number of hydrogen-bond donors (Lipinski definition) is 4. The molecule has 4 N–H and O–H groups in total. The first-order valence-electron chi connectivity index (χ1n) is 12.2. The summed E-state index contributed by atoms with van der Waals surface area (Å²) >= 11 is 0. The number of carbonyl (C=O) groups excluding carboxylic acids is 1. The van der Waals surface area contributed by atoms with E-state index in [-0.39, 0.29) is 5.91 Å². The summed E-state index contributed by atoms with van der Waals surface area (Å²) in [6.07, 6.45) is -7.87. The van der Waals surface area contributed by atoms with Crippen molar-refractivity contribution in [2.45, 2.75) is 37.8 Å². The Hall–Kier alpha value is -3.85. The first-order valence-corrected chi connectivity index (χ1v) is 12.2. The van der Waals surface area contributed by atoms with Gasteiger partial charge in [0.05, 0.1) is 7.11 Å². The van der Waals surface area contributed by atoms with Gasteiger partial charge in [-0.2, -0.15) is 26.3 Å². The van der Waals surface area contributed by atoms with E-state index in [9.17, 15) is 31.1 Å². The topological polar surface area (TPSA) is 128 Å². The fraction of sp³-hybridized carbons (Fsp3) is 0.423. The molecule has 228 valence electrons. The van der Waals surface area contributed by atoms with Gasteiger partial charge in [-0.3, -0.25) is 9.69 Å². The van der Waals surface area contributed by atoms with Crippen LogP contribution in [0.25, 0.3) is 0 Å². The van der Waals surface area contributed by atoms with E-state index in [4.69, 9.17) is 24.5 Å². The predicted octanol–water partition coefficient (Wildman–Crippen LogP) is 3.95. The molecule has 2 aromatic carbocycles. The zero-order valence-electron chi connectivity index (χ0n) is 22.0. The summed E-state index contributed by atoms with van der Waals surface area (Å²) in [7, 11) is 1.60. The highest BCUT2D eigenvalue weighted by Gasteiger charge is 2.38. The molecule has 1 amide bonds. The van der Waals surface area contributed by atoms with Crippen molar-refractivity contribution in [1.82, 2.24) is 15.5 Å². The van der Waals surface area contributed by atoms with E-state index in [0.29, 0.717) is 23.9 Å². The molecule has 3 rings (SSSR count). The molecule has 0 spiro atoms. The maximum Gasteiger partial charge on any atom is 0.490 e. The number of rotatable bonds is 8. The Morgan fingerprint density at radius 3 is 1.90 bits per heavy atom. The number of nitrogens with zero attached hydrogens (tertiary/aromatic N) is 1. The van der Waals surface area contributed by atoms with Gasteiger partial charge >= 0.3 is 24.3 Å². The van der Waals surface area contributed by atoms with Crippen LogP contribution in [0.4, 0.5) is 26.3 Å². The minimum Gasteiger partial charge on any atom is -0.497 e. The average molecular weight is 596 g/mol. The molecule has 0 aliphatic carbocycles. The monoisotopic (exact) mass is 595 g/mol. The van der Waals surface area contributed by atoms with Crippen LogP contribution in [0.2, 0.25) is 0 Å². The smallest absolute Gasteiger partial charge is 0.490 e. The number of amides is 1. The standard InChI is InChI=1S/C22H29N3O2.2C2HF3O2/c1-27-21-9-5-8-19(16-21)22(26)24-13-12-23-20-10-14-25(15-11-20)17-18-6-3-2-4-7-18;2*3-2(4,5)1(6)7/h2-9,16,20,23H,10-15,17H2,1H3,(H,24,26);2*(H,6,7). The van der Waals surface area contributed by atoms with Crippen LogP contribution < -0.4 is 15.4 Å². The first-order chi connectivity index (χ1) is 19.1. The van der Waals surface area contributed by atoms with E-state index in [2.05, 4.69) is 45.9 Å². The van der Waals surface area contributed by atoms with E-state index < -0.39 is 24.3 Å². The molecule has 9 nitrogen and oxygen atoms in total. The number of aliphatic carboxylic acids is 2. The molecule has 0 radical (unpaired) electrons. The number of carboxylic acid groups (broad SMARTS) is 2. The van der Waals surface area contributed by atoms with Crippen molar-refractivity contribution in [1.29, 1.82) is 0 Å². The van der Waals surface area contributed by atoms with Crippen LogP contribution in [0.3, 0.4) is 0 Å². The van der Waals surface area contributed by atoms with Crippen LogP contribution in [-0.4, -0.2) is 84.6 Å². The maximum absolute atomic E-state index is 12.2. The van der Waals surface area contributed by atoms with E-state index >= 15 is 0 Å². The number of piperidine rings is 1. The van der Waals surface area contributed by atoms with Crippen molar-refractivity contribution in [3.05, 3.63) is 65.7 Å². The number of carbonyl (C=O) groups is 3. The van der Waals surface area contributed by atoms with Gasteiger partial charge in [0, 0.05) is 31.2 Å². The second-order valence-corrected chi connectivity index (χ2v) is 8.58. The molecule has 41 heavy (non-hydrogen) atoms. The summed E-state index contributed by atoms with van der Waals surface area (Å²) in [6.45, 7) is 4.68. The van der Waals surface area contributed by atoms with E-state index in [1.54, 1.807) is 19.2 Å². The molecule has 2 aromatic rings. The number of ether oxygens (including phenoxy) is 1. The summed E-state index contributed by atoms with van der Waals surface area (Å²) < 4.78 is 68.6. The summed E-state index contributed by atoms with van der Waals surface area (Å²) in [4.78, 5) is 32.5. The fourth-order valence-corrected chi connectivity index (χ4v) is 3.46. The molecule has 1 heterocycles. The highest BCUT2D eigenvalue weighted by atomic mass is 19.4. The van der Waals surface area contributed by atoms with Crippen molar-refractivity contribution >= 4 is 17.8 Å². The third-order valence-electron chi connectivity index (χ3n) is 5.50. The number of alkyl halides is 6. The Balaban J connectivity index is 0.000000497. The van der Waals surface area contributed by atoms with Crippen molar-refractivity contribution in [2.75, 3.05) is 33.3 Å². The first kappa shape index (κ1) is 35.2. The molecular weight excluding hydrogens is 564 g/mol. The van der Waals surface area contributed by atoms with Crippen LogP contribution in [0.5, 0.6) is 5.75 Å². The van der Waals surface area contributed by atoms with Gasteiger partial charge in [-0.15, -0.1) is 0 Å². The third-order valence-corrected chi connectivity index (χ3v) is 5.50. The van der Waals surface area contributed by atoms with Gasteiger partial charge in [-0.1, -0.05) is 36.4 Å². The normalized spacial score (nSPS) is 14.0. The van der Waals surface area contributed by atoms with Gasteiger partial charge in [0.25, 0.3) is 5.91 Å². The number of carboxylic acids is 2. The Morgan fingerprint density at radius 2 is 1.41 bits per heavy atom. The van der Waals surface area contributed by atoms with Crippen molar-refractivity contribution in [3.63, 3.8) is 0 Å². The molecule has 15 heteroatoms.